The molecule has 0 fully saturated rings. The first-order valence-corrected chi connectivity index (χ1v) is 19.5. The predicted octanol–water partition coefficient (Wildman–Crippen LogP) is 12.0. The van der Waals surface area contributed by atoms with E-state index < -0.39 is 11.9 Å². The number of rotatable bonds is 32. The molecule has 1 rings (SSSR count). The minimum absolute atomic E-state index is 0.0535. The molecule has 1 aromatic heterocycles. The Morgan fingerprint density at radius 2 is 0.936 bits per heavy atom. The van der Waals surface area contributed by atoms with Crippen molar-refractivity contribution in [1.82, 2.24) is 4.98 Å². The van der Waals surface area contributed by atoms with Gasteiger partial charge in [0.25, 0.3) is 0 Å². The molecule has 0 aliphatic carbocycles. The first-order valence-electron chi connectivity index (χ1n) is 19.5. The molecule has 0 aliphatic rings. The maximum Gasteiger partial charge on any atom is 0.340 e. The second-order valence-corrected chi connectivity index (χ2v) is 13.5. The molecule has 0 spiro atoms. The molecule has 47 heavy (non-hydrogen) atoms. The molecular weight excluding hydrogens is 590 g/mol. The summed E-state index contributed by atoms with van der Waals surface area (Å²) in [5, 5.41) is 9.92. The molecule has 7 nitrogen and oxygen atoms in total. The average Bonchev–Trinajstić information content (AvgIpc) is 3.05. The highest BCUT2D eigenvalue weighted by molar-refractivity contribution is 5.94. The molecule has 1 aromatic rings. The normalized spacial score (nSPS) is 11.1. The Bertz CT molecular complexity index is 962. The molecule has 0 aromatic carbocycles. The van der Waals surface area contributed by atoms with Crippen molar-refractivity contribution in [2.24, 2.45) is 0 Å². The lowest BCUT2D eigenvalue weighted by Gasteiger charge is -2.14. The van der Waals surface area contributed by atoms with Gasteiger partial charge in [-0.2, -0.15) is 0 Å². The Labute approximate surface area is 287 Å². The number of ether oxygens (including phenoxy) is 2. The van der Waals surface area contributed by atoms with Gasteiger partial charge in [0.2, 0.25) is 0 Å². The van der Waals surface area contributed by atoms with Crippen molar-refractivity contribution in [3.05, 3.63) is 23.0 Å². The maximum absolute atomic E-state index is 12.6. The van der Waals surface area contributed by atoms with E-state index in [1.54, 1.807) is 6.92 Å². The van der Waals surface area contributed by atoms with E-state index in [1.807, 2.05) is 0 Å². The molecular formula is C40H69NO6. The minimum Gasteiger partial charge on any atom is -0.478 e. The van der Waals surface area contributed by atoms with Gasteiger partial charge < -0.3 is 14.6 Å². The molecule has 0 amide bonds. The van der Waals surface area contributed by atoms with Gasteiger partial charge in [-0.15, -0.1) is 0 Å². The maximum atomic E-state index is 12.6. The second-order valence-electron chi connectivity index (χ2n) is 13.5. The van der Waals surface area contributed by atoms with Crippen molar-refractivity contribution < 1.29 is 29.0 Å². The van der Waals surface area contributed by atoms with E-state index in [2.05, 4.69) is 18.8 Å². The van der Waals surface area contributed by atoms with Crippen LogP contribution in [0.5, 0.6) is 5.75 Å². The highest BCUT2D eigenvalue weighted by Crippen LogP contribution is 2.27. The standard InChI is InChI=1S/C40H69NO6/c1-4-6-8-10-12-14-16-18-20-22-24-26-28-30-36(42)46-33-35-32-41-34(3)39(38(35)40(44)45)47-37(43)31-29-27-25-23-21-19-17-15-13-11-9-7-5-2/h32H,4-31,33H2,1-3H3,(H,44,45). The smallest absolute Gasteiger partial charge is 0.340 e. The van der Waals surface area contributed by atoms with Crippen molar-refractivity contribution in [2.45, 2.75) is 207 Å². The molecule has 0 saturated carbocycles. The fourth-order valence-corrected chi connectivity index (χ4v) is 6.06. The number of carboxylic acid groups (broad SMARTS) is 1. The third kappa shape index (κ3) is 22.7. The van der Waals surface area contributed by atoms with Gasteiger partial charge >= 0.3 is 17.9 Å². The number of pyridine rings is 1. The number of nitrogens with zero attached hydrogens (tertiary/aromatic N) is 1. The SMILES string of the molecule is CCCCCCCCCCCCCCCC(=O)OCc1cnc(C)c(OC(=O)CCCCCCCCCCCCCCC)c1C(=O)O. The van der Waals surface area contributed by atoms with Gasteiger partial charge in [-0.1, -0.05) is 168 Å². The molecule has 270 valence electrons. The van der Waals surface area contributed by atoms with Gasteiger partial charge in [-0.25, -0.2) is 4.79 Å². The van der Waals surface area contributed by atoms with Crippen LogP contribution in [0.3, 0.4) is 0 Å². The van der Waals surface area contributed by atoms with Crippen LogP contribution in [0.15, 0.2) is 6.20 Å². The van der Waals surface area contributed by atoms with E-state index in [0.717, 1.165) is 32.1 Å². The summed E-state index contributed by atoms with van der Waals surface area (Å²) in [6.45, 7) is 5.90. The molecule has 7 heteroatoms. The van der Waals surface area contributed by atoms with Gasteiger partial charge in [0.1, 0.15) is 12.2 Å². The first-order chi connectivity index (χ1) is 22.9. The summed E-state index contributed by atoms with van der Waals surface area (Å²) >= 11 is 0. The molecule has 0 saturated heterocycles. The lowest BCUT2D eigenvalue weighted by atomic mass is 10.0. The number of aryl methyl sites for hydroxylation is 1. The van der Waals surface area contributed by atoms with Crippen molar-refractivity contribution in [1.29, 1.82) is 0 Å². The van der Waals surface area contributed by atoms with Crippen LogP contribution in [-0.4, -0.2) is 28.0 Å². The fourth-order valence-electron chi connectivity index (χ4n) is 6.06. The number of carbonyl (C=O) groups is 3. The first kappa shape index (κ1) is 42.6. The zero-order valence-corrected chi connectivity index (χ0v) is 30.5. The second kappa shape index (κ2) is 29.7. The van der Waals surface area contributed by atoms with Gasteiger partial charge in [-0.3, -0.25) is 14.6 Å². The Balaban J connectivity index is 2.27. The number of hydrogen-bond donors (Lipinski definition) is 1. The average molecular weight is 660 g/mol. The van der Waals surface area contributed by atoms with E-state index in [1.165, 1.54) is 135 Å². The summed E-state index contributed by atoms with van der Waals surface area (Å²) in [4.78, 5) is 41.3. The minimum atomic E-state index is -1.23. The highest BCUT2D eigenvalue weighted by Gasteiger charge is 2.23. The number of aromatic carboxylic acids is 1. The van der Waals surface area contributed by atoms with Crippen LogP contribution in [-0.2, 0) is 20.9 Å². The summed E-state index contributed by atoms with van der Waals surface area (Å²) in [6.07, 6.45) is 33.8. The van der Waals surface area contributed by atoms with E-state index in [0.29, 0.717) is 18.5 Å². The van der Waals surface area contributed by atoms with Crippen molar-refractivity contribution in [3.8, 4) is 5.75 Å². The summed E-state index contributed by atoms with van der Waals surface area (Å²) in [5.41, 5.74) is 0.388. The molecule has 1 heterocycles. The Morgan fingerprint density at radius 1 is 0.574 bits per heavy atom. The van der Waals surface area contributed by atoms with E-state index >= 15 is 0 Å². The monoisotopic (exact) mass is 660 g/mol. The summed E-state index contributed by atoms with van der Waals surface area (Å²) < 4.78 is 10.9. The molecule has 0 radical (unpaired) electrons. The van der Waals surface area contributed by atoms with Crippen molar-refractivity contribution >= 4 is 17.9 Å². The van der Waals surface area contributed by atoms with Gasteiger partial charge in [0.15, 0.2) is 5.75 Å². The molecule has 0 aliphatic heterocycles. The summed E-state index contributed by atoms with van der Waals surface area (Å²) in [5.74, 6) is -2.10. The number of esters is 2. The topological polar surface area (TPSA) is 103 Å². The number of hydrogen-bond acceptors (Lipinski definition) is 6. The lowest BCUT2D eigenvalue weighted by molar-refractivity contribution is -0.145. The van der Waals surface area contributed by atoms with Gasteiger partial charge in [0, 0.05) is 24.6 Å². The van der Waals surface area contributed by atoms with Crippen LogP contribution in [0, 0.1) is 6.92 Å². The predicted molar refractivity (Wildman–Crippen MR) is 192 cm³/mol. The van der Waals surface area contributed by atoms with Gasteiger partial charge in [-0.05, 0) is 19.8 Å². The molecule has 0 atom stereocenters. The Kier molecular flexibility index (Phi) is 26.9. The number of carboxylic acids is 1. The van der Waals surface area contributed by atoms with Crippen LogP contribution >= 0.6 is 0 Å². The Hall–Kier alpha value is -2.44. The number of carbonyl (C=O) groups excluding carboxylic acids is 2. The molecule has 0 unspecified atom stereocenters. The highest BCUT2D eigenvalue weighted by atomic mass is 16.5. The van der Waals surface area contributed by atoms with E-state index in [-0.39, 0.29) is 35.9 Å². The quantitative estimate of drug-likeness (QED) is 0.0606. The fraction of sp³-hybridized carbons (Fsp3) is 0.800. The van der Waals surface area contributed by atoms with E-state index in [4.69, 9.17) is 9.47 Å². The third-order valence-electron chi connectivity index (χ3n) is 9.08. The van der Waals surface area contributed by atoms with E-state index in [9.17, 15) is 19.5 Å². The van der Waals surface area contributed by atoms with Crippen LogP contribution in [0.1, 0.15) is 215 Å². The summed E-state index contributed by atoms with van der Waals surface area (Å²) in [7, 11) is 0. The van der Waals surface area contributed by atoms with Crippen LogP contribution < -0.4 is 4.74 Å². The van der Waals surface area contributed by atoms with Gasteiger partial charge in [0.05, 0.1) is 5.69 Å². The zero-order valence-electron chi connectivity index (χ0n) is 30.5. The Morgan fingerprint density at radius 3 is 1.32 bits per heavy atom. The largest absolute Gasteiger partial charge is 0.478 e. The molecule has 1 N–H and O–H groups in total. The lowest BCUT2D eigenvalue weighted by Crippen LogP contribution is -2.16. The third-order valence-corrected chi connectivity index (χ3v) is 9.08. The number of unbranched alkanes of at least 4 members (excludes halogenated alkanes) is 24. The van der Waals surface area contributed by atoms with Crippen LogP contribution in [0.25, 0.3) is 0 Å². The van der Waals surface area contributed by atoms with Crippen LogP contribution in [0.4, 0.5) is 0 Å². The number of aromatic nitrogens is 1. The van der Waals surface area contributed by atoms with Crippen molar-refractivity contribution in [3.63, 3.8) is 0 Å². The molecule has 0 bridgehead atoms. The van der Waals surface area contributed by atoms with Crippen molar-refractivity contribution in [2.75, 3.05) is 0 Å². The van der Waals surface area contributed by atoms with Crippen LogP contribution in [0.2, 0.25) is 0 Å². The summed E-state index contributed by atoms with van der Waals surface area (Å²) in [6, 6.07) is 0. The zero-order chi connectivity index (χ0) is 34.4.